The van der Waals surface area contributed by atoms with Crippen molar-refractivity contribution >= 4 is 26.5 Å². The van der Waals surface area contributed by atoms with Crippen molar-refractivity contribution < 1.29 is 17.9 Å². The standard InChI is InChI=1S/C18H17NO4S/c1-12-18(15-5-3-4-6-16(15)19-12)17(20)11-23-13-7-9-14(10-8-13)24(2,21)22/h3-10,19H,11H2,1-2H3. The van der Waals surface area contributed by atoms with Crippen molar-refractivity contribution in [1.29, 1.82) is 0 Å². The number of sulfone groups is 1. The van der Waals surface area contributed by atoms with Crippen LogP contribution >= 0.6 is 0 Å². The molecule has 0 atom stereocenters. The van der Waals surface area contributed by atoms with Crippen molar-refractivity contribution in [2.75, 3.05) is 12.9 Å². The summed E-state index contributed by atoms with van der Waals surface area (Å²) in [7, 11) is -3.24. The van der Waals surface area contributed by atoms with Crippen LogP contribution in [0, 0.1) is 6.92 Å². The number of benzene rings is 2. The number of Topliss-reactive ketones (excluding diaryl/α,β-unsaturated/α-hetero) is 1. The van der Waals surface area contributed by atoms with Gasteiger partial charge in [-0.05, 0) is 37.3 Å². The van der Waals surface area contributed by atoms with Gasteiger partial charge in [0, 0.05) is 28.4 Å². The van der Waals surface area contributed by atoms with Crippen molar-refractivity contribution in [3.63, 3.8) is 0 Å². The van der Waals surface area contributed by atoms with E-state index in [1.807, 2.05) is 31.2 Å². The number of fused-ring (bicyclic) bond motifs is 1. The number of nitrogens with one attached hydrogen (secondary N) is 1. The van der Waals surface area contributed by atoms with Crippen LogP contribution in [0.15, 0.2) is 53.4 Å². The number of aryl methyl sites for hydroxylation is 1. The second-order valence-corrected chi connectivity index (χ2v) is 7.64. The van der Waals surface area contributed by atoms with Crippen LogP contribution in [-0.2, 0) is 9.84 Å². The minimum absolute atomic E-state index is 0.110. The molecule has 0 aliphatic rings. The van der Waals surface area contributed by atoms with Gasteiger partial charge in [0.2, 0.25) is 5.78 Å². The molecule has 0 saturated carbocycles. The molecule has 0 unspecified atom stereocenters. The molecule has 1 heterocycles. The Labute approximate surface area is 140 Å². The predicted molar refractivity (Wildman–Crippen MR) is 92.4 cm³/mol. The van der Waals surface area contributed by atoms with Crippen LogP contribution in [0.4, 0.5) is 0 Å². The molecule has 6 heteroatoms. The molecular formula is C18H17NO4S. The molecule has 0 aliphatic carbocycles. The van der Waals surface area contributed by atoms with Crippen LogP contribution in [0.3, 0.4) is 0 Å². The first-order valence-electron chi connectivity index (χ1n) is 7.39. The van der Waals surface area contributed by atoms with Crippen LogP contribution in [0.5, 0.6) is 5.75 Å². The summed E-state index contributed by atoms with van der Waals surface area (Å²) in [4.78, 5) is 15.9. The fourth-order valence-corrected chi connectivity index (χ4v) is 3.27. The molecule has 0 saturated heterocycles. The number of hydrogen-bond acceptors (Lipinski definition) is 4. The lowest BCUT2D eigenvalue weighted by Crippen LogP contribution is -2.12. The number of ether oxygens (including phenoxy) is 1. The molecule has 0 fully saturated rings. The van der Waals surface area contributed by atoms with Gasteiger partial charge in [-0.2, -0.15) is 0 Å². The molecular weight excluding hydrogens is 326 g/mol. The van der Waals surface area contributed by atoms with Crippen molar-refractivity contribution in [1.82, 2.24) is 4.98 Å². The predicted octanol–water partition coefficient (Wildman–Crippen LogP) is 3.14. The maximum absolute atomic E-state index is 12.5. The van der Waals surface area contributed by atoms with E-state index >= 15 is 0 Å². The van der Waals surface area contributed by atoms with Crippen LogP contribution in [-0.4, -0.2) is 32.0 Å². The molecule has 1 N–H and O–H groups in total. The molecule has 2 aromatic carbocycles. The molecule has 0 spiro atoms. The molecule has 24 heavy (non-hydrogen) atoms. The highest BCUT2D eigenvalue weighted by Crippen LogP contribution is 2.23. The Kier molecular flexibility index (Phi) is 4.15. The highest BCUT2D eigenvalue weighted by Gasteiger charge is 2.16. The SMILES string of the molecule is Cc1[nH]c2ccccc2c1C(=O)COc1ccc(S(C)(=O)=O)cc1. The third kappa shape index (κ3) is 3.19. The van der Waals surface area contributed by atoms with Crippen molar-refractivity contribution in [3.8, 4) is 5.75 Å². The number of hydrogen-bond donors (Lipinski definition) is 1. The molecule has 0 bridgehead atoms. The first kappa shape index (κ1) is 16.3. The summed E-state index contributed by atoms with van der Waals surface area (Å²) in [5, 5.41) is 0.871. The van der Waals surface area contributed by atoms with Crippen LogP contribution in [0.2, 0.25) is 0 Å². The minimum Gasteiger partial charge on any atom is -0.485 e. The zero-order valence-corrected chi connectivity index (χ0v) is 14.2. The fraction of sp³-hybridized carbons (Fsp3) is 0.167. The molecule has 5 nitrogen and oxygen atoms in total. The normalized spacial score (nSPS) is 11.6. The smallest absolute Gasteiger partial charge is 0.202 e. The number of para-hydroxylation sites is 1. The van der Waals surface area contributed by atoms with Gasteiger partial charge in [-0.25, -0.2) is 8.42 Å². The quantitative estimate of drug-likeness (QED) is 0.722. The van der Waals surface area contributed by atoms with Crippen molar-refractivity contribution in [2.45, 2.75) is 11.8 Å². The number of H-pyrrole nitrogens is 1. The third-order valence-corrected chi connectivity index (χ3v) is 4.92. The van der Waals surface area contributed by atoms with E-state index in [9.17, 15) is 13.2 Å². The molecule has 3 aromatic rings. The monoisotopic (exact) mass is 343 g/mol. The van der Waals surface area contributed by atoms with E-state index in [0.29, 0.717) is 11.3 Å². The van der Waals surface area contributed by atoms with Gasteiger partial charge >= 0.3 is 0 Å². The van der Waals surface area contributed by atoms with Crippen LogP contribution in [0.25, 0.3) is 10.9 Å². The summed E-state index contributed by atoms with van der Waals surface area (Å²) in [6.07, 6.45) is 1.15. The second kappa shape index (κ2) is 6.13. The highest BCUT2D eigenvalue weighted by molar-refractivity contribution is 7.90. The first-order chi connectivity index (χ1) is 11.4. The van der Waals surface area contributed by atoms with E-state index in [4.69, 9.17) is 4.74 Å². The van der Waals surface area contributed by atoms with Gasteiger partial charge in [0.25, 0.3) is 0 Å². The van der Waals surface area contributed by atoms with Gasteiger partial charge in [0.1, 0.15) is 5.75 Å². The molecule has 124 valence electrons. The Morgan fingerprint density at radius 3 is 2.42 bits per heavy atom. The Hall–Kier alpha value is -2.60. The van der Waals surface area contributed by atoms with E-state index in [1.165, 1.54) is 12.1 Å². The Balaban J connectivity index is 1.77. The lowest BCUT2D eigenvalue weighted by atomic mass is 10.1. The number of carbonyl (C=O) groups is 1. The summed E-state index contributed by atoms with van der Waals surface area (Å²) in [5.41, 5.74) is 2.34. The molecule has 0 amide bonds. The summed E-state index contributed by atoms with van der Waals surface area (Å²) in [6, 6.07) is 13.6. The minimum atomic E-state index is -3.24. The summed E-state index contributed by atoms with van der Waals surface area (Å²) < 4.78 is 28.4. The zero-order valence-electron chi connectivity index (χ0n) is 13.4. The zero-order chi connectivity index (χ0) is 17.3. The van der Waals surface area contributed by atoms with Gasteiger partial charge < -0.3 is 9.72 Å². The maximum Gasteiger partial charge on any atom is 0.202 e. The highest BCUT2D eigenvalue weighted by atomic mass is 32.2. The van der Waals surface area contributed by atoms with Crippen LogP contribution in [0.1, 0.15) is 16.1 Å². The average molecular weight is 343 g/mol. The van der Waals surface area contributed by atoms with E-state index in [0.717, 1.165) is 22.9 Å². The van der Waals surface area contributed by atoms with E-state index in [1.54, 1.807) is 12.1 Å². The number of aromatic amines is 1. The lowest BCUT2D eigenvalue weighted by Gasteiger charge is -2.06. The summed E-state index contributed by atoms with van der Waals surface area (Å²) >= 11 is 0. The number of ketones is 1. The van der Waals surface area contributed by atoms with E-state index in [2.05, 4.69) is 4.98 Å². The van der Waals surface area contributed by atoms with Gasteiger partial charge in [-0.15, -0.1) is 0 Å². The van der Waals surface area contributed by atoms with Gasteiger partial charge in [0.05, 0.1) is 4.90 Å². The average Bonchev–Trinajstić information content (AvgIpc) is 2.88. The van der Waals surface area contributed by atoms with E-state index < -0.39 is 9.84 Å². The lowest BCUT2D eigenvalue weighted by molar-refractivity contribution is 0.0922. The molecule has 3 rings (SSSR count). The molecule has 0 radical (unpaired) electrons. The third-order valence-electron chi connectivity index (χ3n) is 3.79. The first-order valence-corrected chi connectivity index (χ1v) is 9.29. The number of aromatic nitrogens is 1. The Bertz CT molecular complexity index is 1000. The second-order valence-electron chi connectivity index (χ2n) is 5.63. The molecule has 0 aliphatic heterocycles. The maximum atomic E-state index is 12.5. The summed E-state index contributed by atoms with van der Waals surface area (Å²) in [6.45, 7) is 1.75. The molecule has 1 aromatic heterocycles. The Morgan fingerprint density at radius 1 is 1.08 bits per heavy atom. The van der Waals surface area contributed by atoms with Crippen molar-refractivity contribution in [3.05, 3.63) is 59.8 Å². The van der Waals surface area contributed by atoms with Crippen molar-refractivity contribution in [2.24, 2.45) is 0 Å². The number of rotatable bonds is 5. The van der Waals surface area contributed by atoms with E-state index in [-0.39, 0.29) is 17.3 Å². The van der Waals surface area contributed by atoms with Gasteiger partial charge in [-0.1, -0.05) is 18.2 Å². The van der Waals surface area contributed by atoms with Gasteiger partial charge in [-0.3, -0.25) is 4.79 Å². The Morgan fingerprint density at radius 2 is 1.75 bits per heavy atom. The fourth-order valence-electron chi connectivity index (χ4n) is 2.64. The van der Waals surface area contributed by atoms with Crippen LogP contribution < -0.4 is 4.74 Å². The number of carbonyl (C=O) groups excluding carboxylic acids is 1. The van der Waals surface area contributed by atoms with Gasteiger partial charge in [0.15, 0.2) is 16.4 Å². The summed E-state index contributed by atoms with van der Waals surface area (Å²) in [5.74, 6) is 0.324. The largest absolute Gasteiger partial charge is 0.485 e. The topological polar surface area (TPSA) is 76.2 Å².